The van der Waals surface area contributed by atoms with Crippen LogP contribution in [0.2, 0.25) is 0 Å². The van der Waals surface area contributed by atoms with Crippen LogP contribution in [0.3, 0.4) is 0 Å². The number of carbonyl (C=O) groups excluding carboxylic acids is 2. The van der Waals surface area contributed by atoms with E-state index in [9.17, 15) is 18.4 Å². The Bertz CT molecular complexity index is 2360. The van der Waals surface area contributed by atoms with Gasteiger partial charge in [0, 0.05) is 30.7 Å². The number of hydrogen-bond acceptors (Lipinski definition) is 10. The molecule has 0 N–H and O–H groups in total. The van der Waals surface area contributed by atoms with Gasteiger partial charge in [0.25, 0.3) is 0 Å². The number of ether oxygens (including phenoxy) is 2. The lowest BCUT2D eigenvalue weighted by Crippen LogP contribution is -2.41. The van der Waals surface area contributed by atoms with E-state index in [0.29, 0.717) is 37.7 Å². The van der Waals surface area contributed by atoms with E-state index in [1.165, 1.54) is 24.3 Å². The monoisotopic (exact) mass is 972 g/mol. The molecule has 4 aromatic carbocycles. The second-order valence-corrected chi connectivity index (χ2v) is 21.1. The van der Waals surface area contributed by atoms with Gasteiger partial charge in [-0.05, 0) is 171 Å². The van der Waals surface area contributed by atoms with Gasteiger partial charge in [-0.3, -0.25) is 9.80 Å². The molecule has 350 valence electrons. The van der Waals surface area contributed by atoms with Gasteiger partial charge in [-0.1, -0.05) is 40.2 Å². The lowest BCUT2D eigenvalue weighted by atomic mass is 9.49. The van der Waals surface area contributed by atoms with E-state index in [4.69, 9.17) is 37.4 Å². The van der Waals surface area contributed by atoms with Gasteiger partial charge in [0.05, 0.1) is 33.6 Å². The molecular formula is C48H58B3BrF2N2O10. The fourth-order valence-corrected chi connectivity index (χ4v) is 7.75. The number of halogens is 3. The minimum atomic E-state index is -0.476. The average molecular weight is 973 g/mol. The van der Waals surface area contributed by atoms with Crippen molar-refractivity contribution in [3.05, 3.63) is 123 Å². The zero-order valence-electron chi connectivity index (χ0n) is 39.8. The molecule has 3 saturated heterocycles. The molecule has 0 atom stereocenters. The molecule has 0 saturated carbocycles. The molecule has 0 aliphatic carbocycles. The maximum absolute atomic E-state index is 13.3. The molecule has 0 radical (unpaired) electrons. The van der Waals surface area contributed by atoms with Crippen LogP contribution in [0.15, 0.2) is 89.4 Å². The Morgan fingerprint density at radius 3 is 1.17 bits per heavy atom. The van der Waals surface area contributed by atoms with E-state index in [0.717, 1.165) is 32.2 Å². The van der Waals surface area contributed by atoms with Gasteiger partial charge in [-0.15, -0.1) is 0 Å². The molecule has 4 aromatic rings. The van der Waals surface area contributed by atoms with Crippen molar-refractivity contribution in [1.82, 2.24) is 9.80 Å². The maximum atomic E-state index is 13.3. The van der Waals surface area contributed by atoms with Crippen molar-refractivity contribution >= 4 is 54.7 Å². The van der Waals surface area contributed by atoms with Crippen molar-refractivity contribution in [3.63, 3.8) is 0 Å². The fraction of sp³-hybridized carbons (Fsp3) is 0.458. The Labute approximate surface area is 396 Å². The number of rotatable bonds is 4. The molecule has 0 bridgehead atoms. The zero-order valence-corrected chi connectivity index (χ0v) is 41.3. The smallest absolute Gasteiger partial charge is 0.410 e. The Kier molecular flexibility index (Phi) is 13.8. The molecule has 9 rings (SSSR count). The Morgan fingerprint density at radius 2 is 0.803 bits per heavy atom. The molecule has 18 heteroatoms. The van der Waals surface area contributed by atoms with Gasteiger partial charge >= 0.3 is 33.3 Å². The molecular weight excluding hydrogens is 915 g/mol. The fourth-order valence-electron chi connectivity index (χ4n) is 7.49. The average Bonchev–Trinajstić information content (AvgIpc) is 3.99. The van der Waals surface area contributed by atoms with Crippen LogP contribution in [0.1, 0.15) is 105 Å². The third kappa shape index (κ3) is 10.7. The number of amides is 2. The summed E-state index contributed by atoms with van der Waals surface area (Å²) in [5.41, 5.74) is 2.15. The van der Waals surface area contributed by atoms with E-state index in [1.807, 2.05) is 95.2 Å². The van der Waals surface area contributed by atoms with Crippen molar-refractivity contribution in [1.29, 1.82) is 0 Å². The minimum Gasteiger partial charge on any atom is -0.410 e. The molecule has 5 aliphatic heterocycles. The first-order valence-electron chi connectivity index (χ1n) is 22.0. The second-order valence-electron chi connectivity index (χ2n) is 20.1. The number of carbonyl (C=O) groups is 2. The predicted molar refractivity (Wildman–Crippen MR) is 252 cm³/mol. The molecule has 2 amide bonds. The van der Waals surface area contributed by atoms with Crippen LogP contribution in [0, 0.1) is 11.6 Å². The minimum absolute atomic E-state index is 0.285. The summed E-state index contributed by atoms with van der Waals surface area (Å²) >= 11 is 3.32. The summed E-state index contributed by atoms with van der Waals surface area (Å²) < 4.78 is 74.1. The van der Waals surface area contributed by atoms with Crippen LogP contribution < -0.4 is 14.9 Å². The van der Waals surface area contributed by atoms with E-state index in [2.05, 4.69) is 15.9 Å². The Hall–Kier alpha value is -4.29. The maximum Gasteiger partial charge on any atom is 0.494 e. The SMILES string of the molecule is CC1(C)OB(B2OC(C)(C)C(C)(C)O2)OC1(C)C.CC1(C)OB(c2ccc(OC(=O)N3Cc4ccc(F)cc4C3)cc2)OC1(C)C.O=C(Oc1ccc(Br)cc1)N1Cc2ccc(F)cc2C1. The summed E-state index contributed by atoms with van der Waals surface area (Å²) in [6.45, 7) is 25.8. The van der Waals surface area contributed by atoms with Crippen LogP contribution >= 0.6 is 15.9 Å². The van der Waals surface area contributed by atoms with E-state index >= 15 is 0 Å². The number of hydrogen-bond donors (Lipinski definition) is 0. The number of benzene rings is 4. The highest BCUT2D eigenvalue weighted by atomic mass is 79.9. The van der Waals surface area contributed by atoms with Gasteiger partial charge in [-0.25, -0.2) is 18.4 Å². The van der Waals surface area contributed by atoms with Crippen molar-refractivity contribution in [2.24, 2.45) is 0 Å². The lowest BCUT2D eigenvalue weighted by molar-refractivity contribution is 0.00578. The summed E-state index contributed by atoms with van der Waals surface area (Å²) in [5.74, 6) is 0.340. The van der Waals surface area contributed by atoms with Gasteiger partial charge in [0.1, 0.15) is 23.1 Å². The van der Waals surface area contributed by atoms with Gasteiger partial charge in [-0.2, -0.15) is 0 Å². The largest absolute Gasteiger partial charge is 0.494 e. The van der Waals surface area contributed by atoms with Gasteiger partial charge < -0.3 is 37.4 Å². The summed E-state index contributed by atoms with van der Waals surface area (Å²) in [6.07, 6.45) is -0.885. The highest BCUT2D eigenvalue weighted by Crippen LogP contribution is 2.43. The predicted octanol–water partition coefficient (Wildman–Crippen LogP) is 9.99. The summed E-state index contributed by atoms with van der Waals surface area (Å²) in [4.78, 5) is 27.6. The van der Waals surface area contributed by atoms with Crippen LogP contribution in [-0.2, 0) is 54.1 Å². The van der Waals surface area contributed by atoms with Crippen molar-refractivity contribution in [2.75, 3.05) is 0 Å². The number of nitrogens with zero attached hydrogens (tertiary/aromatic N) is 2. The van der Waals surface area contributed by atoms with Crippen molar-refractivity contribution in [2.45, 2.75) is 143 Å². The van der Waals surface area contributed by atoms with Crippen LogP contribution in [0.5, 0.6) is 11.5 Å². The molecule has 66 heavy (non-hydrogen) atoms. The first-order valence-corrected chi connectivity index (χ1v) is 22.8. The van der Waals surface area contributed by atoms with Gasteiger partial charge in [0.2, 0.25) is 0 Å². The quantitative estimate of drug-likeness (QED) is 0.183. The summed E-state index contributed by atoms with van der Waals surface area (Å²) in [7, 11) is -1.41. The zero-order chi connectivity index (χ0) is 48.2. The Balaban J connectivity index is 0.000000152. The highest BCUT2D eigenvalue weighted by Gasteiger charge is 2.63. The van der Waals surface area contributed by atoms with E-state index < -0.39 is 44.5 Å². The molecule has 0 unspecified atom stereocenters. The molecule has 12 nitrogen and oxygen atoms in total. The molecule has 0 aromatic heterocycles. The second kappa shape index (κ2) is 18.3. The topological polar surface area (TPSA) is 114 Å². The van der Waals surface area contributed by atoms with Crippen LogP contribution in [0.4, 0.5) is 18.4 Å². The summed E-state index contributed by atoms with van der Waals surface area (Å²) in [6, 6.07) is 23.3. The normalized spacial score (nSPS) is 21.0. The molecule has 5 heterocycles. The van der Waals surface area contributed by atoms with Crippen LogP contribution in [0.25, 0.3) is 0 Å². The molecule has 0 spiro atoms. The molecule has 5 aliphatic rings. The highest BCUT2D eigenvalue weighted by molar-refractivity contribution is 9.10. The third-order valence-corrected chi connectivity index (χ3v) is 14.2. The third-order valence-electron chi connectivity index (χ3n) is 13.7. The standard InChI is InChI=1S/C21H23BFNO4.C15H11BrFNO2.C12H24B2O4/c1-20(2)21(3,4)28-22(27-20)16-6-9-18(10-7-16)26-19(25)24-12-14-5-8-17(23)11-15(14)13-24;16-12-2-5-14(6-3-12)20-15(19)18-8-10-1-4-13(17)7-11(10)9-18;1-9(2)10(3,4)16-13(15-9)14-17-11(5,6)12(7,8)18-14/h5-11H,12-13H2,1-4H3;1-7H,8-9H2;1-8H3. The van der Waals surface area contributed by atoms with Crippen LogP contribution in [-0.4, -0.2) is 76.7 Å². The number of fused-ring (bicyclic) bond motifs is 2. The van der Waals surface area contributed by atoms with Crippen molar-refractivity contribution < 1.29 is 55.8 Å². The molecule has 3 fully saturated rings. The first kappa shape index (κ1) is 49.6. The van der Waals surface area contributed by atoms with E-state index in [1.54, 1.807) is 58.3 Å². The first-order chi connectivity index (χ1) is 30.6. The lowest BCUT2D eigenvalue weighted by Gasteiger charge is -2.32. The Morgan fingerprint density at radius 1 is 0.485 bits per heavy atom. The van der Waals surface area contributed by atoms with E-state index in [-0.39, 0.29) is 34.0 Å². The summed E-state index contributed by atoms with van der Waals surface area (Å²) in [5, 5.41) is 0. The van der Waals surface area contributed by atoms with Gasteiger partial charge in [0.15, 0.2) is 0 Å². The van der Waals surface area contributed by atoms with Crippen molar-refractivity contribution in [3.8, 4) is 11.5 Å².